The molecule has 0 aromatic heterocycles. The second-order valence-corrected chi connectivity index (χ2v) is 6.12. The number of hydrogen-bond acceptors (Lipinski definition) is 2. The molecule has 1 aliphatic carbocycles. The van der Waals surface area contributed by atoms with Crippen LogP contribution in [0.1, 0.15) is 23.6 Å². The number of benzene rings is 1. The highest BCUT2D eigenvalue weighted by molar-refractivity contribution is 9.10. The average Bonchev–Trinajstić information content (AvgIpc) is 2.81. The highest BCUT2D eigenvalue weighted by Crippen LogP contribution is 2.37. The van der Waals surface area contributed by atoms with Crippen molar-refractivity contribution in [2.24, 2.45) is 0 Å². The van der Waals surface area contributed by atoms with Crippen molar-refractivity contribution in [2.75, 3.05) is 26.2 Å². The van der Waals surface area contributed by atoms with Crippen LogP contribution in [0, 0.1) is 0 Å². The molecule has 3 rings (SSSR count). The Balaban J connectivity index is 1.71. The van der Waals surface area contributed by atoms with E-state index in [0.29, 0.717) is 19.1 Å². The van der Waals surface area contributed by atoms with Gasteiger partial charge < -0.3 is 10.0 Å². The quantitative estimate of drug-likeness (QED) is 0.863. The molecule has 1 aliphatic heterocycles. The second kappa shape index (κ2) is 5.13. The van der Waals surface area contributed by atoms with Crippen LogP contribution in [0.3, 0.4) is 0 Å². The van der Waals surface area contributed by atoms with E-state index in [4.69, 9.17) is 5.11 Å². The molecule has 4 nitrogen and oxygen atoms in total. The molecule has 1 N–H and O–H groups in total. The van der Waals surface area contributed by atoms with Gasteiger partial charge in [0.2, 0.25) is 0 Å². The second-order valence-electron chi connectivity index (χ2n) is 5.20. The number of rotatable bonds is 1. The monoisotopic (exact) mass is 324 g/mol. The molecule has 0 spiro atoms. The van der Waals surface area contributed by atoms with E-state index in [1.165, 1.54) is 16.0 Å². The molecule has 1 heterocycles. The highest BCUT2D eigenvalue weighted by Gasteiger charge is 2.31. The Hall–Kier alpha value is -1.07. The number of amides is 1. The van der Waals surface area contributed by atoms with Crippen LogP contribution in [0.2, 0.25) is 0 Å². The predicted molar refractivity (Wildman–Crippen MR) is 76.4 cm³/mol. The van der Waals surface area contributed by atoms with Gasteiger partial charge in [-0.3, -0.25) is 4.90 Å². The minimum atomic E-state index is -0.796. The third kappa shape index (κ3) is 2.49. The van der Waals surface area contributed by atoms with Crippen LogP contribution in [0.5, 0.6) is 0 Å². The Morgan fingerprint density at radius 1 is 1.26 bits per heavy atom. The standard InChI is InChI=1S/C14H17BrN2O2/c15-11-2-3-12-10(9-11)1-4-13(12)16-5-7-17(8-6-16)14(18)19/h2-3,9,13H,1,4-8H2,(H,18,19). The van der Waals surface area contributed by atoms with E-state index in [1.54, 1.807) is 0 Å². The van der Waals surface area contributed by atoms with Gasteiger partial charge in [-0.15, -0.1) is 0 Å². The Kier molecular flexibility index (Phi) is 3.50. The van der Waals surface area contributed by atoms with E-state index in [2.05, 4.69) is 39.0 Å². The normalized spacial score (nSPS) is 23.4. The first kappa shape index (κ1) is 12.9. The van der Waals surface area contributed by atoms with E-state index in [9.17, 15) is 4.79 Å². The minimum absolute atomic E-state index is 0.471. The predicted octanol–water partition coefficient (Wildman–Crippen LogP) is 2.73. The summed E-state index contributed by atoms with van der Waals surface area (Å²) in [6, 6.07) is 6.99. The summed E-state index contributed by atoms with van der Waals surface area (Å²) in [6.45, 7) is 2.92. The molecular formula is C14H17BrN2O2. The minimum Gasteiger partial charge on any atom is -0.465 e. The van der Waals surface area contributed by atoms with Gasteiger partial charge in [-0.1, -0.05) is 22.0 Å². The molecule has 19 heavy (non-hydrogen) atoms. The molecule has 1 amide bonds. The number of carboxylic acid groups (broad SMARTS) is 1. The van der Waals surface area contributed by atoms with Crippen molar-refractivity contribution >= 4 is 22.0 Å². The van der Waals surface area contributed by atoms with E-state index in [-0.39, 0.29) is 0 Å². The van der Waals surface area contributed by atoms with Crippen LogP contribution in [-0.2, 0) is 6.42 Å². The van der Waals surface area contributed by atoms with Gasteiger partial charge in [-0.2, -0.15) is 0 Å². The van der Waals surface area contributed by atoms with Gasteiger partial charge in [0, 0.05) is 36.7 Å². The molecule has 1 aromatic rings. The molecule has 1 atom stereocenters. The van der Waals surface area contributed by atoms with Gasteiger partial charge in [-0.05, 0) is 36.1 Å². The smallest absolute Gasteiger partial charge is 0.407 e. The van der Waals surface area contributed by atoms with Crippen molar-refractivity contribution in [2.45, 2.75) is 18.9 Å². The Morgan fingerprint density at radius 2 is 2.00 bits per heavy atom. The first-order valence-electron chi connectivity index (χ1n) is 6.65. The lowest BCUT2D eigenvalue weighted by Crippen LogP contribution is -2.49. The summed E-state index contributed by atoms with van der Waals surface area (Å²) in [7, 11) is 0. The summed E-state index contributed by atoms with van der Waals surface area (Å²) in [5.41, 5.74) is 2.85. The maximum absolute atomic E-state index is 10.9. The van der Waals surface area contributed by atoms with Crippen LogP contribution in [0.25, 0.3) is 0 Å². The number of piperazine rings is 1. The van der Waals surface area contributed by atoms with E-state index >= 15 is 0 Å². The average molecular weight is 325 g/mol. The lowest BCUT2D eigenvalue weighted by molar-refractivity contribution is 0.0849. The lowest BCUT2D eigenvalue weighted by atomic mass is 10.1. The summed E-state index contributed by atoms with van der Waals surface area (Å²) in [4.78, 5) is 14.9. The summed E-state index contributed by atoms with van der Waals surface area (Å²) in [5, 5.41) is 8.98. The van der Waals surface area contributed by atoms with Gasteiger partial charge >= 0.3 is 6.09 Å². The zero-order chi connectivity index (χ0) is 13.4. The van der Waals surface area contributed by atoms with E-state index < -0.39 is 6.09 Å². The number of nitrogens with zero attached hydrogens (tertiary/aromatic N) is 2. The Bertz CT molecular complexity index is 498. The van der Waals surface area contributed by atoms with Gasteiger partial charge in [0.25, 0.3) is 0 Å². The summed E-state index contributed by atoms with van der Waals surface area (Å²) in [6.07, 6.45) is 1.48. The number of halogens is 1. The van der Waals surface area contributed by atoms with Crippen LogP contribution in [0.4, 0.5) is 4.79 Å². The van der Waals surface area contributed by atoms with Crippen molar-refractivity contribution in [3.05, 3.63) is 33.8 Å². The molecule has 1 unspecified atom stereocenters. The third-order valence-electron chi connectivity index (χ3n) is 4.18. The van der Waals surface area contributed by atoms with E-state index in [1.807, 2.05) is 0 Å². The molecule has 5 heteroatoms. The van der Waals surface area contributed by atoms with Crippen LogP contribution in [-0.4, -0.2) is 47.2 Å². The molecule has 0 radical (unpaired) electrons. The molecule has 1 aromatic carbocycles. The van der Waals surface area contributed by atoms with Crippen molar-refractivity contribution < 1.29 is 9.90 Å². The van der Waals surface area contributed by atoms with Crippen LogP contribution >= 0.6 is 15.9 Å². The van der Waals surface area contributed by atoms with Crippen LogP contribution in [0.15, 0.2) is 22.7 Å². The molecule has 1 fully saturated rings. The molecular weight excluding hydrogens is 308 g/mol. The van der Waals surface area contributed by atoms with Crippen molar-refractivity contribution in [3.8, 4) is 0 Å². The topological polar surface area (TPSA) is 43.8 Å². The van der Waals surface area contributed by atoms with Gasteiger partial charge in [-0.25, -0.2) is 4.79 Å². The zero-order valence-corrected chi connectivity index (χ0v) is 12.3. The molecule has 1 saturated heterocycles. The summed E-state index contributed by atoms with van der Waals surface area (Å²) < 4.78 is 1.14. The van der Waals surface area contributed by atoms with E-state index in [0.717, 1.165) is 30.4 Å². The van der Waals surface area contributed by atoms with Gasteiger partial charge in [0.1, 0.15) is 0 Å². The number of carbonyl (C=O) groups is 1. The molecule has 2 aliphatic rings. The van der Waals surface area contributed by atoms with Crippen molar-refractivity contribution in [3.63, 3.8) is 0 Å². The third-order valence-corrected chi connectivity index (χ3v) is 4.67. The first-order valence-corrected chi connectivity index (χ1v) is 7.44. The van der Waals surface area contributed by atoms with Gasteiger partial charge in [0.05, 0.1) is 0 Å². The van der Waals surface area contributed by atoms with Crippen molar-refractivity contribution in [1.29, 1.82) is 0 Å². The number of hydrogen-bond donors (Lipinski definition) is 1. The summed E-state index contributed by atoms with van der Waals surface area (Å²) >= 11 is 3.52. The number of aryl methyl sites for hydroxylation is 1. The molecule has 0 saturated carbocycles. The van der Waals surface area contributed by atoms with Crippen LogP contribution < -0.4 is 0 Å². The highest BCUT2D eigenvalue weighted by atomic mass is 79.9. The lowest BCUT2D eigenvalue weighted by Gasteiger charge is -2.37. The van der Waals surface area contributed by atoms with Crippen molar-refractivity contribution in [1.82, 2.24) is 9.80 Å². The molecule has 102 valence electrons. The fraction of sp³-hybridized carbons (Fsp3) is 0.500. The Morgan fingerprint density at radius 3 is 2.68 bits per heavy atom. The SMILES string of the molecule is O=C(O)N1CCN(C2CCc3cc(Br)ccc32)CC1. The zero-order valence-electron chi connectivity index (χ0n) is 10.7. The maximum atomic E-state index is 10.9. The first-order chi connectivity index (χ1) is 9.15. The fourth-order valence-corrected chi connectivity index (χ4v) is 3.58. The van der Waals surface area contributed by atoms with Gasteiger partial charge in [0.15, 0.2) is 0 Å². The largest absolute Gasteiger partial charge is 0.465 e. The Labute approximate surface area is 121 Å². The molecule has 0 bridgehead atoms. The summed E-state index contributed by atoms with van der Waals surface area (Å²) in [5.74, 6) is 0. The number of fused-ring (bicyclic) bond motifs is 1. The maximum Gasteiger partial charge on any atom is 0.407 e. The fourth-order valence-electron chi connectivity index (χ4n) is 3.17.